The summed E-state index contributed by atoms with van der Waals surface area (Å²) in [4.78, 5) is 0. The second-order valence-corrected chi connectivity index (χ2v) is 2.58. The summed E-state index contributed by atoms with van der Waals surface area (Å²) >= 11 is 0. The van der Waals surface area contributed by atoms with Crippen molar-refractivity contribution >= 4 is 6.08 Å². The number of hydrogen-bond donors (Lipinski definition) is 0. The van der Waals surface area contributed by atoms with E-state index in [4.69, 9.17) is 5.73 Å². The van der Waals surface area contributed by atoms with Crippen molar-refractivity contribution in [1.29, 1.82) is 0 Å². The normalized spacial score (nSPS) is 11.6. The lowest BCUT2D eigenvalue weighted by atomic mass is 10.1. The number of nitrogens with one attached hydrogen (secondary N) is 1. The van der Waals surface area contributed by atoms with E-state index in [1.807, 2.05) is 43.3 Å². The van der Waals surface area contributed by atoms with E-state index >= 15 is 0 Å². The molecule has 11 heavy (non-hydrogen) atoms. The van der Waals surface area contributed by atoms with Crippen LogP contribution in [-0.4, -0.2) is 6.54 Å². The van der Waals surface area contributed by atoms with Crippen LogP contribution in [0.5, 0.6) is 0 Å². The lowest BCUT2D eigenvalue weighted by molar-refractivity contribution is 1.11. The molecule has 1 heteroatoms. The highest BCUT2D eigenvalue weighted by atomic mass is 14.5. The van der Waals surface area contributed by atoms with Crippen molar-refractivity contribution in [3.8, 4) is 0 Å². The van der Waals surface area contributed by atoms with Gasteiger partial charge in [0.05, 0.1) is 0 Å². The Bertz CT molecular complexity index is 236. The van der Waals surface area contributed by atoms with Crippen molar-refractivity contribution in [3.05, 3.63) is 41.5 Å². The van der Waals surface area contributed by atoms with Gasteiger partial charge in [-0.1, -0.05) is 42.0 Å². The van der Waals surface area contributed by atoms with Crippen LogP contribution in [0.1, 0.15) is 12.5 Å². The summed E-state index contributed by atoms with van der Waals surface area (Å²) in [7, 11) is 0. The monoisotopic (exact) mass is 146 g/mol. The molecule has 1 nitrogen and oxygen atoms in total. The van der Waals surface area contributed by atoms with Gasteiger partial charge in [-0.15, -0.1) is 0 Å². The van der Waals surface area contributed by atoms with E-state index in [2.05, 4.69) is 0 Å². The van der Waals surface area contributed by atoms with Crippen LogP contribution >= 0.6 is 0 Å². The van der Waals surface area contributed by atoms with Crippen LogP contribution < -0.4 is 5.73 Å². The lowest BCUT2D eigenvalue weighted by Crippen LogP contribution is -1.85. The molecule has 0 saturated heterocycles. The van der Waals surface area contributed by atoms with Crippen LogP contribution in [0.15, 0.2) is 35.9 Å². The van der Waals surface area contributed by atoms with Gasteiger partial charge in [0.25, 0.3) is 0 Å². The summed E-state index contributed by atoms with van der Waals surface area (Å²) in [5.74, 6) is 0. The zero-order chi connectivity index (χ0) is 8.10. The minimum Gasteiger partial charge on any atom is -0.253 e. The summed E-state index contributed by atoms with van der Waals surface area (Å²) < 4.78 is 0. The van der Waals surface area contributed by atoms with Gasteiger partial charge in [0.15, 0.2) is 0 Å². The molecular formula is C10H12N. The summed E-state index contributed by atoms with van der Waals surface area (Å²) in [6, 6.07) is 10.1. The highest BCUT2D eigenvalue weighted by molar-refractivity contribution is 5.52. The fraction of sp³-hybridized carbons (Fsp3) is 0.200. The van der Waals surface area contributed by atoms with Gasteiger partial charge in [0.1, 0.15) is 0 Å². The maximum atomic E-state index is 7.09. The average molecular weight is 146 g/mol. The van der Waals surface area contributed by atoms with Gasteiger partial charge in [-0.3, -0.25) is 5.73 Å². The van der Waals surface area contributed by atoms with Crippen LogP contribution in [0.2, 0.25) is 0 Å². The van der Waals surface area contributed by atoms with E-state index in [0.717, 1.165) is 5.57 Å². The third-order valence-electron chi connectivity index (χ3n) is 1.49. The molecule has 1 aromatic rings. The van der Waals surface area contributed by atoms with Gasteiger partial charge >= 0.3 is 0 Å². The minimum atomic E-state index is 0.384. The van der Waals surface area contributed by atoms with E-state index in [-0.39, 0.29) is 0 Å². The van der Waals surface area contributed by atoms with E-state index in [0.29, 0.717) is 6.54 Å². The van der Waals surface area contributed by atoms with Gasteiger partial charge in [-0.25, -0.2) is 0 Å². The molecule has 0 unspecified atom stereocenters. The molecule has 0 aromatic heterocycles. The zero-order valence-corrected chi connectivity index (χ0v) is 6.67. The van der Waals surface area contributed by atoms with Crippen LogP contribution in [0.4, 0.5) is 0 Å². The second-order valence-electron chi connectivity index (χ2n) is 2.58. The minimum absolute atomic E-state index is 0.384. The number of hydrogen-bond acceptors (Lipinski definition) is 0. The zero-order valence-electron chi connectivity index (χ0n) is 6.67. The Labute approximate surface area is 67.5 Å². The molecule has 1 radical (unpaired) electrons. The van der Waals surface area contributed by atoms with Crippen molar-refractivity contribution in [2.45, 2.75) is 6.92 Å². The third-order valence-corrected chi connectivity index (χ3v) is 1.49. The smallest absolute Gasteiger partial charge is 0.0311 e. The molecule has 0 amide bonds. The predicted octanol–water partition coefficient (Wildman–Crippen LogP) is 2.37. The Morgan fingerprint density at radius 3 is 2.55 bits per heavy atom. The first-order valence-corrected chi connectivity index (χ1v) is 3.70. The van der Waals surface area contributed by atoms with Gasteiger partial charge in [-0.2, -0.15) is 0 Å². The quantitative estimate of drug-likeness (QED) is 0.611. The van der Waals surface area contributed by atoms with Crippen LogP contribution in [0, 0.1) is 0 Å². The lowest BCUT2D eigenvalue weighted by Gasteiger charge is -1.94. The molecule has 0 fully saturated rings. The highest BCUT2D eigenvalue weighted by Gasteiger charge is 1.86. The molecule has 0 saturated carbocycles. The first kappa shape index (κ1) is 8.02. The predicted molar refractivity (Wildman–Crippen MR) is 48.1 cm³/mol. The van der Waals surface area contributed by atoms with Crippen LogP contribution in [-0.2, 0) is 0 Å². The summed E-state index contributed by atoms with van der Waals surface area (Å²) in [5, 5.41) is 0. The molecule has 1 aromatic carbocycles. The van der Waals surface area contributed by atoms with Gasteiger partial charge in [0.2, 0.25) is 0 Å². The van der Waals surface area contributed by atoms with Crippen molar-refractivity contribution in [1.82, 2.24) is 5.73 Å². The average Bonchev–Trinajstić information content (AvgIpc) is 2.06. The molecule has 0 aliphatic heterocycles. The fourth-order valence-electron chi connectivity index (χ4n) is 0.885. The summed E-state index contributed by atoms with van der Waals surface area (Å²) in [5.41, 5.74) is 9.36. The Kier molecular flexibility index (Phi) is 2.87. The number of rotatable bonds is 2. The van der Waals surface area contributed by atoms with Crippen molar-refractivity contribution in [2.75, 3.05) is 6.54 Å². The molecule has 0 spiro atoms. The topological polar surface area (TPSA) is 23.8 Å². The van der Waals surface area contributed by atoms with Crippen molar-refractivity contribution in [2.24, 2.45) is 0 Å². The van der Waals surface area contributed by atoms with Crippen LogP contribution in [0.25, 0.3) is 6.08 Å². The molecule has 0 heterocycles. The van der Waals surface area contributed by atoms with Crippen LogP contribution in [0.3, 0.4) is 0 Å². The Morgan fingerprint density at radius 2 is 2.00 bits per heavy atom. The Hall–Kier alpha value is -1.08. The molecule has 0 aliphatic rings. The molecule has 0 bridgehead atoms. The highest BCUT2D eigenvalue weighted by Crippen LogP contribution is 2.04. The van der Waals surface area contributed by atoms with Crippen molar-refractivity contribution < 1.29 is 0 Å². The Balaban J connectivity index is 2.79. The van der Waals surface area contributed by atoms with E-state index in [9.17, 15) is 0 Å². The molecule has 1 rings (SSSR count). The van der Waals surface area contributed by atoms with Gasteiger partial charge in [0, 0.05) is 6.54 Å². The van der Waals surface area contributed by atoms with Gasteiger partial charge in [-0.05, 0) is 12.5 Å². The SMILES string of the molecule is CC(=Cc1ccccc1)C[NH]. The third kappa shape index (κ3) is 2.56. The van der Waals surface area contributed by atoms with Crippen molar-refractivity contribution in [3.63, 3.8) is 0 Å². The molecular weight excluding hydrogens is 134 g/mol. The first-order chi connectivity index (χ1) is 5.33. The standard InChI is InChI=1S/C10H12N/c1-9(8-11)7-10-5-3-2-4-6-10/h2-7,11H,8H2,1H3. The fourth-order valence-corrected chi connectivity index (χ4v) is 0.885. The summed E-state index contributed by atoms with van der Waals surface area (Å²) in [6.07, 6.45) is 2.03. The molecule has 1 N–H and O–H groups in total. The summed E-state index contributed by atoms with van der Waals surface area (Å²) in [6.45, 7) is 2.36. The Morgan fingerprint density at radius 1 is 1.36 bits per heavy atom. The van der Waals surface area contributed by atoms with E-state index in [1.54, 1.807) is 0 Å². The maximum Gasteiger partial charge on any atom is 0.0311 e. The van der Waals surface area contributed by atoms with E-state index in [1.165, 1.54) is 5.56 Å². The second kappa shape index (κ2) is 3.94. The molecule has 0 aliphatic carbocycles. The van der Waals surface area contributed by atoms with E-state index < -0.39 is 0 Å². The molecule has 57 valence electrons. The first-order valence-electron chi connectivity index (χ1n) is 3.70. The van der Waals surface area contributed by atoms with Gasteiger partial charge < -0.3 is 0 Å². The largest absolute Gasteiger partial charge is 0.253 e. The maximum absolute atomic E-state index is 7.09. The number of benzene rings is 1. The molecule has 0 atom stereocenters.